The van der Waals surface area contributed by atoms with E-state index in [0.29, 0.717) is 11.2 Å². The summed E-state index contributed by atoms with van der Waals surface area (Å²) in [7, 11) is 0. The topological polar surface area (TPSA) is 62.5 Å². The first-order chi connectivity index (χ1) is 11.7. The maximum absolute atomic E-state index is 14.7. The molecule has 1 aliphatic rings. The largest absolute Gasteiger partial charge is 0.477 e. The number of aromatic carboxylic acids is 1. The van der Waals surface area contributed by atoms with Crippen molar-refractivity contribution in [3.8, 4) is 0 Å². The Labute approximate surface area is 149 Å². The van der Waals surface area contributed by atoms with Gasteiger partial charge in [-0.25, -0.2) is 9.18 Å². The highest BCUT2D eigenvalue weighted by atomic mass is 32.2. The summed E-state index contributed by atoms with van der Waals surface area (Å²) in [6.45, 7) is 7.26. The third kappa shape index (κ3) is 3.25. The van der Waals surface area contributed by atoms with E-state index in [9.17, 15) is 19.1 Å². The number of halogens is 1. The first-order valence-corrected chi connectivity index (χ1v) is 9.31. The number of thioether (sulfide) groups is 1. The summed E-state index contributed by atoms with van der Waals surface area (Å²) in [4.78, 5) is 25.9. The molecule has 134 valence electrons. The Hall–Kier alpha value is -2.02. The molecule has 2 aromatic rings. The van der Waals surface area contributed by atoms with Gasteiger partial charge in [0.25, 0.3) is 0 Å². The fraction of sp³-hybridized carbons (Fsp3) is 0.444. The van der Waals surface area contributed by atoms with Gasteiger partial charge in [0.05, 0.1) is 11.2 Å². The van der Waals surface area contributed by atoms with Crippen molar-refractivity contribution in [2.45, 2.75) is 26.3 Å². The van der Waals surface area contributed by atoms with Crippen LogP contribution in [0.2, 0.25) is 0 Å². The molecule has 2 heterocycles. The number of rotatable bonds is 2. The van der Waals surface area contributed by atoms with Gasteiger partial charge in [0.1, 0.15) is 11.4 Å². The summed E-state index contributed by atoms with van der Waals surface area (Å²) >= 11 is 1.83. The molecule has 0 unspecified atom stereocenters. The Balaban J connectivity index is 2.32. The molecule has 0 radical (unpaired) electrons. The van der Waals surface area contributed by atoms with Crippen LogP contribution < -0.4 is 10.3 Å². The Bertz CT molecular complexity index is 896. The zero-order valence-corrected chi connectivity index (χ0v) is 15.3. The second kappa shape index (κ2) is 6.37. The van der Waals surface area contributed by atoms with E-state index >= 15 is 0 Å². The minimum absolute atomic E-state index is 0.0995. The lowest BCUT2D eigenvalue weighted by Crippen LogP contribution is -2.33. The molecule has 0 atom stereocenters. The van der Waals surface area contributed by atoms with Gasteiger partial charge in [-0.3, -0.25) is 4.79 Å². The predicted molar refractivity (Wildman–Crippen MR) is 99.7 cm³/mol. The van der Waals surface area contributed by atoms with Crippen LogP contribution in [-0.4, -0.2) is 40.2 Å². The zero-order chi connectivity index (χ0) is 18.4. The lowest BCUT2D eigenvalue weighted by atomic mass is 10.0. The number of anilines is 1. The summed E-state index contributed by atoms with van der Waals surface area (Å²) in [5.41, 5.74) is -0.430. The molecule has 1 aliphatic heterocycles. The Morgan fingerprint density at radius 3 is 2.44 bits per heavy atom. The Kier molecular flexibility index (Phi) is 4.53. The van der Waals surface area contributed by atoms with Gasteiger partial charge in [0.15, 0.2) is 0 Å². The third-order valence-electron chi connectivity index (χ3n) is 4.38. The first kappa shape index (κ1) is 17.8. The number of benzene rings is 1. The molecule has 1 fully saturated rings. The van der Waals surface area contributed by atoms with Crippen molar-refractivity contribution in [1.29, 1.82) is 0 Å². The minimum atomic E-state index is -1.30. The summed E-state index contributed by atoms with van der Waals surface area (Å²) in [5, 5.41) is 9.42. The number of carboxylic acid groups (broad SMARTS) is 1. The van der Waals surface area contributed by atoms with Gasteiger partial charge in [0.2, 0.25) is 5.43 Å². The molecule has 25 heavy (non-hydrogen) atoms. The van der Waals surface area contributed by atoms with Crippen LogP contribution in [0.5, 0.6) is 0 Å². The molecule has 5 nitrogen and oxygen atoms in total. The standard InChI is InChI=1S/C18H21FN2O3S/c1-18(2,3)21-10-12(17(23)24)16(22)11-8-13(19)15(9-14(11)21)20-4-6-25-7-5-20/h8-10H,4-7H2,1-3H3,(H,23,24). The van der Waals surface area contributed by atoms with Crippen LogP contribution >= 0.6 is 11.8 Å². The third-order valence-corrected chi connectivity index (χ3v) is 5.32. The first-order valence-electron chi connectivity index (χ1n) is 8.15. The molecule has 0 aliphatic carbocycles. The number of carbonyl (C=O) groups is 1. The average molecular weight is 364 g/mol. The van der Waals surface area contributed by atoms with Crippen molar-refractivity contribution in [2.75, 3.05) is 29.5 Å². The van der Waals surface area contributed by atoms with Gasteiger partial charge < -0.3 is 14.6 Å². The molecule has 1 N–H and O–H groups in total. The SMILES string of the molecule is CC(C)(C)n1cc(C(=O)O)c(=O)c2cc(F)c(N3CCSCC3)cc21. The van der Waals surface area contributed by atoms with Crippen LogP contribution in [0.1, 0.15) is 31.1 Å². The summed E-state index contributed by atoms with van der Waals surface area (Å²) in [6, 6.07) is 2.86. The minimum Gasteiger partial charge on any atom is -0.477 e. The molecule has 1 aromatic carbocycles. The molecule has 0 saturated carbocycles. The molecule has 0 bridgehead atoms. The van der Waals surface area contributed by atoms with E-state index in [1.165, 1.54) is 12.3 Å². The van der Waals surface area contributed by atoms with Crippen molar-refractivity contribution in [1.82, 2.24) is 4.57 Å². The van der Waals surface area contributed by atoms with Gasteiger partial charge in [-0.1, -0.05) is 0 Å². The zero-order valence-electron chi connectivity index (χ0n) is 14.5. The van der Waals surface area contributed by atoms with Crippen LogP contribution in [0.4, 0.5) is 10.1 Å². The molecular formula is C18H21FN2O3S. The number of hydrogen-bond acceptors (Lipinski definition) is 4. The molecular weight excluding hydrogens is 343 g/mol. The lowest BCUT2D eigenvalue weighted by Gasteiger charge is -2.31. The van der Waals surface area contributed by atoms with Gasteiger partial charge in [-0.15, -0.1) is 0 Å². The van der Waals surface area contributed by atoms with Crippen LogP contribution in [-0.2, 0) is 5.54 Å². The summed E-state index contributed by atoms with van der Waals surface area (Å²) < 4.78 is 16.4. The highest BCUT2D eigenvalue weighted by Crippen LogP contribution is 2.29. The summed E-state index contributed by atoms with van der Waals surface area (Å²) in [5.74, 6) is 0.0742. The van der Waals surface area contributed by atoms with E-state index in [1.807, 2.05) is 37.4 Å². The molecule has 3 rings (SSSR count). The molecule has 0 amide bonds. The Morgan fingerprint density at radius 2 is 1.88 bits per heavy atom. The van der Waals surface area contributed by atoms with Crippen LogP contribution in [0.25, 0.3) is 10.9 Å². The van der Waals surface area contributed by atoms with Crippen molar-refractivity contribution in [3.63, 3.8) is 0 Å². The molecule has 7 heteroatoms. The summed E-state index contributed by atoms with van der Waals surface area (Å²) in [6.07, 6.45) is 1.36. The van der Waals surface area contributed by atoms with Crippen LogP contribution in [0.15, 0.2) is 23.1 Å². The van der Waals surface area contributed by atoms with E-state index in [4.69, 9.17) is 0 Å². The Morgan fingerprint density at radius 1 is 1.24 bits per heavy atom. The fourth-order valence-corrected chi connectivity index (χ4v) is 3.99. The van der Waals surface area contributed by atoms with Crippen molar-refractivity contribution in [3.05, 3.63) is 39.9 Å². The van der Waals surface area contributed by atoms with Gasteiger partial charge >= 0.3 is 5.97 Å². The van der Waals surface area contributed by atoms with E-state index in [-0.39, 0.29) is 10.9 Å². The van der Waals surface area contributed by atoms with Crippen molar-refractivity contribution in [2.24, 2.45) is 0 Å². The number of aromatic nitrogens is 1. The van der Waals surface area contributed by atoms with E-state index in [1.54, 1.807) is 10.6 Å². The van der Waals surface area contributed by atoms with E-state index in [0.717, 1.165) is 24.6 Å². The smallest absolute Gasteiger partial charge is 0.341 e. The molecule has 1 saturated heterocycles. The maximum Gasteiger partial charge on any atom is 0.341 e. The normalized spacial score (nSPS) is 15.6. The van der Waals surface area contributed by atoms with Gasteiger partial charge in [-0.2, -0.15) is 11.8 Å². The maximum atomic E-state index is 14.7. The number of pyridine rings is 1. The number of carboxylic acids is 1. The highest BCUT2D eigenvalue weighted by molar-refractivity contribution is 7.99. The van der Waals surface area contributed by atoms with E-state index < -0.39 is 22.8 Å². The fourth-order valence-electron chi connectivity index (χ4n) is 3.09. The molecule has 0 spiro atoms. The van der Waals surface area contributed by atoms with Crippen LogP contribution in [0.3, 0.4) is 0 Å². The average Bonchev–Trinajstić information content (AvgIpc) is 2.54. The second-order valence-electron chi connectivity index (χ2n) is 7.14. The van der Waals surface area contributed by atoms with Crippen molar-refractivity contribution < 1.29 is 14.3 Å². The highest BCUT2D eigenvalue weighted by Gasteiger charge is 2.24. The number of nitrogens with zero attached hydrogens (tertiary/aromatic N) is 2. The quantitative estimate of drug-likeness (QED) is 0.887. The number of fused-ring (bicyclic) bond motifs is 1. The molecule has 1 aromatic heterocycles. The predicted octanol–water partition coefficient (Wildman–Crippen LogP) is 3.15. The monoisotopic (exact) mass is 364 g/mol. The van der Waals surface area contributed by atoms with E-state index in [2.05, 4.69) is 0 Å². The lowest BCUT2D eigenvalue weighted by molar-refractivity contribution is 0.0694. The van der Waals surface area contributed by atoms with Crippen molar-refractivity contribution >= 4 is 34.3 Å². The second-order valence-corrected chi connectivity index (χ2v) is 8.36. The number of hydrogen-bond donors (Lipinski definition) is 1. The van der Waals surface area contributed by atoms with Crippen LogP contribution in [0, 0.1) is 5.82 Å². The van der Waals surface area contributed by atoms with Gasteiger partial charge in [-0.05, 0) is 32.9 Å². The van der Waals surface area contributed by atoms with Gasteiger partial charge in [0, 0.05) is 41.7 Å².